The highest BCUT2D eigenvalue weighted by Gasteiger charge is 2.42. The Hall–Kier alpha value is -8.27. The van der Waals surface area contributed by atoms with Crippen LogP contribution in [-0.4, -0.2) is 4.57 Å². The Morgan fingerprint density at radius 3 is 0.937 bits per heavy atom. The fourth-order valence-corrected chi connectivity index (χ4v) is 10.9. The zero-order valence-corrected chi connectivity index (χ0v) is 41.8. The quantitative estimate of drug-likeness (QED) is 0.140. The van der Waals surface area contributed by atoms with Crippen LogP contribution >= 0.6 is 0 Å². The van der Waals surface area contributed by atoms with Gasteiger partial charge in [0.05, 0.1) is 44.5 Å². The minimum atomic E-state index is -5.39. The molecule has 0 saturated heterocycles. The van der Waals surface area contributed by atoms with Crippen molar-refractivity contribution in [2.45, 2.75) is 58.6 Å². The minimum Gasteiger partial charge on any atom is -0.309 e. The van der Waals surface area contributed by atoms with Crippen molar-refractivity contribution in [3.05, 3.63) is 220 Å². The lowest BCUT2D eigenvalue weighted by Crippen LogP contribution is -2.14. The summed E-state index contributed by atoms with van der Waals surface area (Å²) in [6.07, 6.45) is -25.5. The van der Waals surface area contributed by atoms with Crippen molar-refractivity contribution in [1.82, 2.24) is 4.57 Å². The van der Waals surface area contributed by atoms with E-state index in [9.17, 15) is 65.9 Å². The Labute approximate surface area is 441 Å². The minimum absolute atomic E-state index is 0.0191. The van der Waals surface area contributed by atoms with Crippen LogP contribution in [0.5, 0.6) is 0 Å². The summed E-state index contributed by atoms with van der Waals surface area (Å²) < 4.78 is 224. The predicted molar refractivity (Wildman–Crippen MR) is 277 cm³/mol. The molecule has 0 fully saturated rings. The molecule has 0 N–H and O–H groups in total. The molecule has 10 aromatic rings. The van der Waals surface area contributed by atoms with Crippen LogP contribution in [0.3, 0.4) is 0 Å². The van der Waals surface area contributed by atoms with Crippen molar-refractivity contribution in [3.63, 3.8) is 0 Å². The summed E-state index contributed by atoms with van der Waals surface area (Å²) >= 11 is 0. The number of halogens is 15. The lowest BCUT2D eigenvalue weighted by molar-refractivity contribution is -0.142. The highest BCUT2D eigenvalue weighted by molar-refractivity contribution is 6.12. The summed E-state index contributed by atoms with van der Waals surface area (Å²) in [4.78, 5) is 0. The Bertz CT molecular complexity index is 4000. The maximum absolute atomic E-state index is 14.9. The van der Waals surface area contributed by atoms with Crippen LogP contribution in [-0.2, 0) is 30.9 Å². The van der Waals surface area contributed by atoms with Gasteiger partial charge < -0.3 is 4.57 Å². The number of benzene rings is 9. The van der Waals surface area contributed by atoms with Crippen LogP contribution in [0.4, 0.5) is 65.9 Å². The maximum Gasteiger partial charge on any atom is 0.418 e. The predicted octanol–water partition coefficient (Wildman–Crippen LogP) is 21.1. The molecule has 16 heteroatoms. The number of rotatable bonds is 7. The molecular formula is C63H40F15N. The van der Waals surface area contributed by atoms with E-state index < -0.39 is 81.0 Å². The number of hydrogen-bond donors (Lipinski definition) is 0. The molecule has 1 heterocycles. The Balaban J connectivity index is 1.30. The van der Waals surface area contributed by atoms with Crippen molar-refractivity contribution in [2.24, 2.45) is 0 Å². The Kier molecular flexibility index (Phi) is 13.2. The Morgan fingerprint density at radius 2 is 0.544 bits per heavy atom. The molecule has 1 nitrogen and oxygen atoms in total. The van der Waals surface area contributed by atoms with Crippen molar-refractivity contribution >= 4 is 21.8 Å². The van der Waals surface area contributed by atoms with Crippen molar-refractivity contribution in [2.75, 3.05) is 0 Å². The third kappa shape index (κ3) is 10.0. The third-order valence-electron chi connectivity index (χ3n) is 14.2. The van der Waals surface area contributed by atoms with Gasteiger partial charge in [0, 0.05) is 16.3 Å². The number of aryl methyl sites for hydroxylation is 4. The topological polar surface area (TPSA) is 4.93 Å². The molecule has 0 unspecified atom stereocenters. The average molecular weight is 1100 g/mol. The zero-order valence-electron chi connectivity index (χ0n) is 41.8. The highest BCUT2D eigenvalue weighted by atomic mass is 19.4. The first kappa shape index (κ1) is 54.1. The van der Waals surface area contributed by atoms with Crippen LogP contribution in [0.2, 0.25) is 0 Å². The van der Waals surface area contributed by atoms with E-state index in [-0.39, 0.29) is 55.3 Å². The van der Waals surface area contributed by atoms with Gasteiger partial charge in [0.15, 0.2) is 0 Å². The summed E-state index contributed by atoms with van der Waals surface area (Å²) in [5, 5.41) is 0.426. The van der Waals surface area contributed by atoms with E-state index in [2.05, 4.69) is 0 Å². The molecule has 0 saturated carbocycles. The van der Waals surface area contributed by atoms with Crippen LogP contribution in [0.1, 0.15) is 50.1 Å². The lowest BCUT2D eigenvalue weighted by Gasteiger charge is -2.22. The van der Waals surface area contributed by atoms with Gasteiger partial charge in [-0.15, -0.1) is 0 Å². The Morgan fingerprint density at radius 1 is 0.253 bits per heavy atom. The maximum atomic E-state index is 14.9. The monoisotopic (exact) mass is 1100 g/mol. The number of hydrogen-bond acceptors (Lipinski definition) is 0. The van der Waals surface area contributed by atoms with E-state index in [1.807, 2.05) is 32.0 Å². The number of alkyl halides is 15. The number of aromatic nitrogens is 1. The zero-order chi connectivity index (χ0) is 56.9. The van der Waals surface area contributed by atoms with Crippen molar-refractivity contribution in [3.8, 4) is 72.4 Å². The molecule has 0 amide bonds. The van der Waals surface area contributed by atoms with Gasteiger partial charge in [0.2, 0.25) is 0 Å². The molecule has 0 radical (unpaired) electrons. The van der Waals surface area contributed by atoms with Gasteiger partial charge in [0.25, 0.3) is 0 Å². The van der Waals surface area contributed by atoms with Crippen LogP contribution in [0.15, 0.2) is 170 Å². The fourth-order valence-electron chi connectivity index (χ4n) is 10.9. The summed E-state index contributed by atoms with van der Waals surface area (Å²) in [5.74, 6) is 0. The van der Waals surface area contributed by atoms with E-state index in [0.717, 1.165) is 53.1 Å². The average Bonchev–Trinajstić information content (AvgIpc) is 3.44. The second-order valence-corrected chi connectivity index (χ2v) is 19.4. The standard InChI is InChI=1S/C63H40F15N/c1-33-11-7-12-34(2)55(33)41-25-39(26-42(29-41)56-35(3)13-8-16-48(56)60(67,68)69)37-21-23-52-45(31-37)46-32-38(22-24-53(46)79(52)54-20-6-5-15-47(54)59(64,65)66)40-27-43(57-36(4)14-9-17-49(57)61(70,71)72)30-44(28-40)58-50(62(73,74)75)18-10-19-51(58)63(76,77)78/h5-32H,1-4H3. The molecule has 1 aromatic heterocycles. The van der Waals surface area contributed by atoms with Gasteiger partial charge in [-0.3, -0.25) is 0 Å². The largest absolute Gasteiger partial charge is 0.418 e. The first-order valence-corrected chi connectivity index (χ1v) is 24.2. The molecular weight excluding hydrogens is 1060 g/mol. The normalized spacial score (nSPS) is 12.7. The van der Waals surface area contributed by atoms with Gasteiger partial charge in [-0.25, -0.2) is 0 Å². The summed E-state index contributed by atoms with van der Waals surface area (Å²) in [5.41, 5.74) is -5.74. The van der Waals surface area contributed by atoms with E-state index in [1.165, 1.54) is 72.2 Å². The number of nitrogens with zero attached hydrogens (tertiary/aromatic N) is 1. The molecule has 0 spiro atoms. The highest BCUT2D eigenvalue weighted by Crippen LogP contribution is 2.50. The van der Waals surface area contributed by atoms with Gasteiger partial charge in [0.1, 0.15) is 0 Å². The molecule has 0 aliphatic heterocycles. The van der Waals surface area contributed by atoms with E-state index >= 15 is 0 Å². The van der Waals surface area contributed by atoms with Crippen molar-refractivity contribution in [1.29, 1.82) is 0 Å². The lowest BCUT2D eigenvalue weighted by atomic mass is 9.86. The smallest absolute Gasteiger partial charge is 0.309 e. The van der Waals surface area contributed by atoms with Gasteiger partial charge >= 0.3 is 30.9 Å². The molecule has 0 bridgehead atoms. The fraction of sp³-hybridized carbons (Fsp3) is 0.143. The van der Waals surface area contributed by atoms with Crippen LogP contribution < -0.4 is 0 Å². The third-order valence-corrected chi connectivity index (χ3v) is 14.2. The number of para-hydroxylation sites is 1. The molecule has 79 heavy (non-hydrogen) atoms. The first-order valence-electron chi connectivity index (χ1n) is 24.2. The molecule has 402 valence electrons. The second kappa shape index (κ2) is 19.3. The SMILES string of the molecule is Cc1cccc(C)c1-c1cc(-c2ccc3c(c2)c2cc(-c4cc(-c5c(C)cccc5C(F)(F)F)cc(-c5c(C(F)(F)F)cccc5C(F)(F)F)c4)ccc2n3-c2ccccc2C(F)(F)F)cc(-c2c(C)cccc2C(F)(F)F)c1. The van der Waals surface area contributed by atoms with Crippen LogP contribution in [0.25, 0.3) is 94.3 Å². The van der Waals surface area contributed by atoms with Crippen LogP contribution in [0, 0.1) is 27.7 Å². The van der Waals surface area contributed by atoms with Gasteiger partial charge in [-0.05, 0) is 208 Å². The van der Waals surface area contributed by atoms with Gasteiger partial charge in [-0.1, -0.05) is 72.8 Å². The summed E-state index contributed by atoms with van der Waals surface area (Å²) in [7, 11) is 0. The molecule has 9 aromatic carbocycles. The number of fused-ring (bicyclic) bond motifs is 3. The molecule has 0 aliphatic carbocycles. The van der Waals surface area contributed by atoms with E-state index in [4.69, 9.17) is 0 Å². The van der Waals surface area contributed by atoms with Crippen molar-refractivity contribution < 1.29 is 65.9 Å². The first-order chi connectivity index (χ1) is 37.0. The van der Waals surface area contributed by atoms with E-state index in [1.54, 1.807) is 43.3 Å². The summed E-state index contributed by atoms with van der Waals surface area (Å²) in [6, 6.07) is 35.5. The second-order valence-electron chi connectivity index (χ2n) is 19.4. The molecule has 0 aliphatic rings. The molecule has 0 atom stereocenters. The molecule has 10 rings (SSSR count). The van der Waals surface area contributed by atoms with Gasteiger partial charge in [-0.2, -0.15) is 65.9 Å². The summed E-state index contributed by atoms with van der Waals surface area (Å²) in [6.45, 7) is 6.54. The van der Waals surface area contributed by atoms with E-state index in [0.29, 0.717) is 40.5 Å².